The van der Waals surface area contributed by atoms with Gasteiger partial charge in [-0.05, 0) is 29.0 Å². The fraction of sp³-hybridized carbons (Fsp3) is 0.105. The van der Waals surface area contributed by atoms with Gasteiger partial charge >= 0.3 is 0 Å². The molecule has 0 bridgehead atoms. The van der Waals surface area contributed by atoms with Crippen molar-refractivity contribution in [3.05, 3.63) is 83.4 Å². The third-order valence-corrected chi connectivity index (χ3v) is 3.77. The standard InChI is InChI=1S/C19H15F2NO/c1-22(12-16-8-9-17(20)11-18(16)21)19(23)15-7-6-13-4-2-3-5-14(13)10-15/h2-11H,12H2,1H3. The largest absolute Gasteiger partial charge is 0.337 e. The molecule has 0 saturated carbocycles. The van der Waals surface area contributed by atoms with Gasteiger partial charge in [-0.1, -0.05) is 36.4 Å². The van der Waals surface area contributed by atoms with E-state index in [0.717, 1.165) is 16.8 Å². The molecule has 1 amide bonds. The molecular formula is C19H15F2NO. The Balaban J connectivity index is 1.83. The SMILES string of the molecule is CN(Cc1ccc(F)cc1F)C(=O)c1ccc2ccccc2c1. The number of rotatable bonds is 3. The van der Waals surface area contributed by atoms with Crippen LogP contribution in [0.25, 0.3) is 10.8 Å². The minimum Gasteiger partial charge on any atom is -0.337 e. The van der Waals surface area contributed by atoms with Crippen LogP contribution in [0.1, 0.15) is 15.9 Å². The molecule has 2 nitrogen and oxygen atoms in total. The lowest BCUT2D eigenvalue weighted by Gasteiger charge is -2.18. The minimum atomic E-state index is -0.650. The van der Waals surface area contributed by atoms with Gasteiger partial charge in [0.05, 0.1) is 0 Å². The highest BCUT2D eigenvalue weighted by Crippen LogP contribution is 2.18. The Morgan fingerprint density at radius 1 is 0.957 bits per heavy atom. The van der Waals surface area contributed by atoms with E-state index in [1.807, 2.05) is 36.4 Å². The number of carbonyl (C=O) groups excluding carboxylic acids is 1. The molecule has 116 valence electrons. The molecule has 0 N–H and O–H groups in total. The Labute approximate surface area is 133 Å². The predicted octanol–water partition coefficient (Wildman–Crippen LogP) is 4.39. The second kappa shape index (κ2) is 6.16. The molecule has 23 heavy (non-hydrogen) atoms. The average molecular weight is 311 g/mol. The quantitative estimate of drug-likeness (QED) is 0.702. The van der Waals surface area contributed by atoms with E-state index in [0.29, 0.717) is 5.56 Å². The zero-order valence-electron chi connectivity index (χ0n) is 12.6. The number of hydrogen-bond acceptors (Lipinski definition) is 1. The van der Waals surface area contributed by atoms with E-state index < -0.39 is 11.6 Å². The summed E-state index contributed by atoms with van der Waals surface area (Å²) in [5, 5.41) is 2.02. The zero-order chi connectivity index (χ0) is 16.4. The molecule has 0 aliphatic heterocycles. The molecule has 3 aromatic rings. The van der Waals surface area contributed by atoms with Crippen LogP contribution in [0.2, 0.25) is 0 Å². The van der Waals surface area contributed by atoms with Gasteiger partial charge in [-0.2, -0.15) is 0 Å². The number of hydrogen-bond donors (Lipinski definition) is 0. The van der Waals surface area contributed by atoms with Crippen LogP contribution in [-0.2, 0) is 6.54 Å². The van der Waals surface area contributed by atoms with Gasteiger partial charge in [0.2, 0.25) is 0 Å². The van der Waals surface area contributed by atoms with Crippen molar-refractivity contribution >= 4 is 16.7 Å². The van der Waals surface area contributed by atoms with Gasteiger partial charge in [0.15, 0.2) is 0 Å². The maximum absolute atomic E-state index is 13.7. The van der Waals surface area contributed by atoms with E-state index in [1.54, 1.807) is 13.1 Å². The van der Waals surface area contributed by atoms with Crippen LogP contribution < -0.4 is 0 Å². The van der Waals surface area contributed by atoms with Gasteiger partial charge in [0, 0.05) is 30.8 Å². The van der Waals surface area contributed by atoms with E-state index in [4.69, 9.17) is 0 Å². The predicted molar refractivity (Wildman–Crippen MR) is 86.1 cm³/mol. The van der Waals surface area contributed by atoms with Crippen LogP contribution in [0, 0.1) is 11.6 Å². The number of halogens is 2. The maximum Gasteiger partial charge on any atom is 0.253 e. The number of amides is 1. The van der Waals surface area contributed by atoms with Crippen LogP contribution >= 0.6 is 0 Å². The average Bonchev–Trinajstić information content (AvgIpc) is 2.56. The fourth-order valence-corrected chi connectivity index (χ4v) is 2.52. The molecular weight excluding hydrogens is 296 g/mol. The Morgan fingerprint density at radius 3 is 2.43 bits per heavy atom. The summed E-state index contributed by atoms with van der Waals surface area (Å²) in [7, 11) is 1.60. The summed E-state index contributed by atoms with van der Waals surface area (Å²) in [5.41, 5.74) is 0.816. The maximum atomic E-state index is 13.7. The van der Waals surface area contributed by atoms with Gasteiger partial charge in [-0.15, -0.1) is 0 Å². The summed E-state index contributed by atoms with van der Waals surface area (Å²) < 4.78 is 26.6. The number of carbonyl (C=O) groups is 1. The molecule has 3 aromatic carbocycles. The summed E-state index contributed by atoms with van der Waals surface area (Å²) in [6.45, 7) is 0.0811. The van der Waals surface area contributed by atoms with Crippen LogP contribution in [0.15, 0.2) is 60.7 Å². The monoisotopic (exact) mass is 311 g/mol. The third-order valence-electron chi connectivity index (χ3n) is 3.77. The lowest BCUT2D eigenvalue weighted by molar-refractivity contribution is 0.0784. The van der Waals surface area contributed by atoms with Crippen molar-refractivity contribution in [2.45, 2.75) is 6.54 Å². The molecule has 4 heteroatoms. The molecule has 0 radical (unpaired) electrons. The minimum absolute atomic E-state index is 0.0811. The Kier molecular flexibility index (Phi) is 4.06. The Bertz CT molecular complexity index is 876. The molecule has 0 saturated heterocycles. The van der Waals surface area contributed by atoms with E-state index in [9.17, 15) is 13.6 Å². The molecule has 0 aliphatic rings. The fourth-order valence-electron chi connectivity index (χ4n) is 2.52. The van der Waals surface area contributed by atoms with E-state index in [-0.39, 0.29) is 18.0 Å². The number of nitrogens with zero attached hydrogens (tertiary/aromatic N) is 1. The van der Waals surface area contributed by atoms with Crippen LogP contribution in [0.4, 0.5) is 8.78 Å². The zero-order valence-corrected chi connectivity index (χ0v) is 12.6. The Morgan fingerprint density at radius 2 is 1.70 bits per heavy atom. The van der Waals surface area contributed by atoms with Crippen molar-refractivity contribution in [2.24, 2.45) is 0 Å². The highest BCUT2D eigenvalue weighted by Gasteiger charge is 2.14. The molecule has 0 aromatic heterocycles. The van der Waals surface area contributed by atoms with Crippen LogP contribution in [-0.4, -0.2) is 17.9 Å². The summed E-state index contributed by atoms with van der Waals surface area (Å²) in [6.07, 6.45) is 0. The van der Waals surface area contributed by atoms with E-state index >= 15 is 0 Å². The smallest absolute Gasteiger partial charge is 0.253 e. The van der Waals surface area contributed by atoms with Gasteiger partial charge in [-0.25, -0.2) is 8.78 Å². The topological polar surface area (TPSA) is 20.3 Å². The first kappa shape index (κ1) is 15.2. The van der Waals surface area contributed by atoms with E-state index in [1.165, 1.54) is 17.0 Å². The van der Waals surface area contributed by atoms with Gasteiger partial charge in [0.25, 0.3) is 5.91 Å². The van der Waals surface area contributed by atoms with Crippen molar-refractivity contribution in [3.63, 3.8) is 0 Å². The number of benzene rings is 3. The first-order valence-electron chi connectivity index (χ1n) is 7.23. The summed E-state index contributed by atoms with van der Waals surface area (Å²) in [5.74, 6) is -1.49. The van der Waals surface area contributed by atoms with Crippen molar-refractivity contribution in [2.75, 3.05) is 7.05 Å². The van der Waals surface area contributed by atoms with Gasteiger partial charge in [-0.3, -0.25) is 4.79 Å². The molecule has 0 aliphatic carbocycles. The molecule has 0 unspecified atom stereocenters. The molecule has 3 rings (SSSR count). The van der Waals surface area contributed by atoms with Crippen LogP contribution in [0.3, 0.4) is 0 Å². The highest BCUT2D eigenvalue weighted by molar-refractivity contribution is 5.98. The first-order chi connectivity index (χ1) is 11.0. The Hall–Kier alpha value is -2.75. The summed E-state index contributed by atoms with van der Waals surface area (Å²) in [6, 6.07) is 16.6. The molecule has 0 heterocycles. The van der Waals surface area contributed by atoms with E-state index in [2.05, 4.69) is 0 Å². The van der Waals surface area contributed by atoms with Crippen molar-refractivity contribution in [3.8, 4) is 0 Å². The second-order valence-electron chi connectivity index (χ2n) is 5.46. The number of fused-ring (bicyclic) bond motifs is 1. The lowest BCUT2D eigenvalue weighted by atomic mass is 10.1. The van der Waals surface area contributed by atoms with Crippen LogP contribution in [0.5, 0.6) is 0 Å². The van der Waals surface area contributed by atoms with Crippen molar-refractivity contribution < 1.29 is 13.6 Å². The second-order valence-corrected chi connectivity index (χ2v) is 5.46. The normalized spacial score (nSPS) is 10.7. The summed E-state index contributed by atoms with van der Waals surface area (Å²) in [4.78, 5) is 13.9. The molecule has 0 atom stereocenters. The highest BCUT2D eigenvalue weighted by atomic mass is 19.1. The van der Waals surface area contributed by atoms with Gasteiger partial charge in [0.1, 0.15) is 11.6 Å². The van der Waals surface area contributed by atoms with Crippen molar-refractivity contribution in [1.29, 1.82) is 0 Å². The first-order valence-corrected chi connectivity index (χ1v) is 7.23. The third kappa shape index (κ3) is 3.21. The summed E-state index contributed by atoms with van der Waals surface area (Å²) >= 11 is 0. The molecule has 0 spiro atoms. The molecule has 0 fully saturated rings. The van der Waals surface area contributed by atoms with Gasteiger partial charge < -0.3 is 4.90 Å². The lowest BCUT2D eigenvalue weighted by Crippen LogP contribution is -2.26. The van der Waals surface area contributed by atoms with Crippen molar-refractivity contribution in [1.82, 2.24) is 4.90 Å².